The number of amides is 1. The molecule has 1 heterocycles. The molecular formula is C13H13F3N2O3S. The first kappa shape index (κ1) is 16.5. The lowest BCUT2D eigenvalue weighted by Crippen LogP contribution is -2.27. The molecule has 120 valence electrons. The van der Waals surface area contributed by atoms with Crippen molar-refractivity contribution in [2.45, 2.75) is 12.6 Å². The van der Waals surface area contributed by atoms with E-state index in [1.807, 2.05) is 0 Å². The van der Waals surface area contributed by atoms with Gasteiger partial charge in [-0.15, -0.1) is 0 Å². The molecule has 0 unspecified atom stereocenters. The van der Waals surface area contributed by atoms with E-state index < -0.39 is 33.4 Å². The van der Waals surface area contributed by atoms with Crippen molar-refractivity contribution in [3.05, 3.63) is 35.4 Å². The van der Waals surface area contributed by atoms with Crippen LogP contribution in [0, 0.1) is 5.92 Å². The van der Waals surface area contributed by atoms with Crippen LogP contribution in [0.3, 0.4) is 0 Å². The summed E-state index contributed by atoms with van der Waals surface area (Å²) in [5, 5.41) is 3.57. The van der Waals surface area contributed by atoms with Gasteiger partial charge in [-0.05, 0) is 24.1 Å². The van der Waals surface area contributed by atoms with Gasteiger partial charge in [0.15, 0.2) is 9.84 Å². The fourth-order valence-electron chi connectivity index (χ4n) is 2.06. The summed E-state index contributed by atoms with van der Waals surface area (Å²) in [7, 11) is -3.18. The second-order valence-corrected chi connectivity index (χ2v) is 7.19. The zero-order chi connectivity index (χ0) is 16.4. The van der Waals surface area contributed by atoms with Gasteiger partial charge in [-0.2, -0.15) is 18.3 Å². The number of hydrazone groups is 1. The van der Waals surface area contributed by atoms with Gasteiger partial charge in [0.2, 0.25) is 5.91 Å². The van der Waals surface area contributed by atoms with Crippen molar-refractivity contribution in [3.8, 4) is 0 Å². The van der Waals surface area contributed by atoms with Gasteiger partial charge in [0, 0.05) is 0 Å². The Bertz CT molecular complexity index is 699. The average molecular weight is 334 g/mol. The number of hydrogen-bond donors (Lipinski definition) is 1. The van der Waals surface area contributed by atoms with E-state index >= 15 is 0 Å². The summed E-state index contributed by atoms with van der Waals surface area (Å²) in [4.78, 5) is 11.7. The Kier molecular flexibility index (Phi) is 4.55. The van der Waals surface area contributed by atoms with Crippen LogP contribution in [0.4, 0.5) is 13.2 Å². The van der Waals surface area contributed by atoms with Gasteiger partial charge in [0.25, 0.3) is 0 Å². The molecule has 1 aliphatic rings. The van der Waals surface area contributed by atoms with E-state index in [2.05, 4.69) is 10.5 Å². The number of sulfone groups is 1. The number of alkyl halides is 3. The molecule has 22 heavy (non-hydrogen) atoms. The van der Waals surface area contributed by atoms with Gasteiger partial charge in [-0.25, -0.2) is 13.8 Å². The number of rotatable bonds is 3. The molecule has 1 saturated heterocycles. The van der Waals surface area contributed by atoms with E-state index in [9.17, 15) is 26.4 Å². The monoisotopic (exact) mass is 334 g/mol. The van der Waals surface area contributed by atoms with Crippen molar-refractivity contribution in [3.63, 3.8) is 0 Å². The van der Waals surface area contributed by atoms with Crippen LogP contribution in [0.25, 0.3) is 0 Å². The molecule has 0 aromatic heterocycles. The topological polar surface area (TPSA) is 75.6 Å². The Morgan fingerprint density at radius 1 is 1.36 bits per heavy atom. The minimum atomic E-state index is -4.45. The Morgan fingerprint density at radius 3 is 2.68 bits per heavy atom. The van der Waals surface area contributed by atoms with Crippen LogP contribution in [-0.2, 0) is 20.8 Å². The maximum absolute atomic E-state index is 12.5. The molecule has 1 aliphatic heterocycles. The lowest BCUT2D eigenvalue weighted by atomic mass is 10.1. The molecule has 1 aromatic rings. The van der Waals surface area contributed by atoms with Crippen molar-refractivity contribution >= 4 is 22.0 Å². The zero-order valence-corrected chi connectivity index (χ0v) is 12.1. The predicted molar refractivity (Wildman–Crippen MR) is 73.9 cm³/mol. The molecule has 5 nitrogen and oxygen atoms in total. The summed E-state index contributed by atoms with van der Waals surface area (Å²) >= 11 is 0. The van der Waals surface area contributed by atoms with E-state index in [4.69, 9.17) is 0 Å². The fourth-order valence-corrected chi connectivity index (χ4v) is 3.80. The summed E-state index contributed by atoms with van der Waals surface area (Å²) in [6, 6.07) is 4.47. The molecular weight excluding hydrogens is 321 g/mol. The van der Waals surface area contributed by atoms with Crippen LogP contribution in [0.1, 0.15) is 17.5 Å². The summed E-state index contributed by atoms with van der Waals surface area (Å²) in [5.41, 5.74) is 1.51. The quantitative estimate of drug-likeness (QED) is 0.674. The maximum atomic E-state index is 12.5. The summed E-state index contributed by atoms with van der Waals surface area (Å²) in [6.45, 7) is 0. The zero-order valence-electron chi connectivity index (χ0n) is 11.3. The molecule has 1 N–H and O–H groups in total. The van der Waals surface area contributed by atoms with Crippen LogP contribution in [-0.4, -0.2) is 32.0 Å². The molecule has 0 spiro atoms. The third-order valence-electron chi connectivity index (χ3n) is 3.21. The molecule has 0 bridgehead atoms. The van der Waals surface area contributed by atoms with Gasteiger partial charge >= 0.3 is 6.18 Å². The maximum Gasteiger partial charge on any atom is 0.416 e. The molecule has 1 aromatic carbocycles. The van der Waals surface area contributed by atoms with E-state index in [0.29, 0.717) is 0 Å². The number of carbonyl (C=O) groups is 1. The van der Waals surface area contributed by atoms with Gasteiger partial charge in [-0.1, -0.05) is 12.1 Å². The number of hydrogen-bond acceptors (Lipinski definition) is 4. The van der Waals surface area contributed by atoms with Crippen LogP contribution >= 0.6 is 0 Å². The van der Waals surface area contributed by atoms with Gasteiger partial charge in [-0.3, -0.25) is 4.79 Å². The number of benzene rings is 1. The van der Waals surface area contributed by atoms with Crippen molar-refractivity contribution in [1.82, 2.24) is 5.43 Å². The highest BCUT2D eigenvalue weighted by Crippen LogP contribution is 2.29. The largest absolute Gasteiger partial charge is 0.416 e. The van der Waals surface area contributed by atoms with Crippen molar-refractivity contribution < 1.29 is 26.4 Å². The first-order valence-corrected chi connectivity index (χ1v) is 8.20. The number of carbonyl (C=O) groups excluding carboxylic acids is 1. The van der Waals surface area contributed by atoms with Gasteiger partial charge in [0.05, 0.1) is 29.2 Å². The standard InChI is InChI=1S/C13H13F3N2O3S/c14-13(15,16)11-3-1-2-9(6-11)7-17-18-12(19)10-4-5-22(20,21)8-10/h1-3,6-7,10H,4-5,8H2,(H,18,19)/b17-7-/t10-/m1/s1. The third-order valence-corrected chi connectivity index (χ3v) is 4.97. The minimum Gasteiger partial charge on any atom is -0.273 e. The van der Waals surface area contributed by atoms with Gasteiger partial charge in [0.1, 0.15) is 0 Å². The van der Waals surface area contributed by atoms with Crippen molar-refractivity contribution in [2.24, 2.45) is 11.0 Å². The van der Waals surface area contributed by atoms with E-state index in [1.54, 1.807) is 0 Å². The lowest BCUT2D eigenvalue weighted by Gasteiger charge is -2.07. The van der Waals surface area contributed by atoms with Crippen LogP contribution in [0.2, 0.25) is 0 Å². The van der Waals surface area contributed by atoms with E-state index in [1.165, 1.54) is 12.1 Å². The molecule has 0 aliphatic carbocycles. The first-order chi connectivity index (χ1) is 10.2. The third kappa shape index (κ3) is 4.30. The highest BCUT2D eigenvalue weighted by molar-refractivity contribution is 7.91. The Morgan fingerprint density at radius 2 is 2.09 bits per heavy atom. The second kappa shape index (κ2) is 6.07. The number of nitrogens with one attached hydrogen (secondary N) is 1. The SMILES string of the molecule is O=C(N/N=C\c1cccc(C(F)(F)F)c1)[C@@H]1CCS(=O)(=O)C1. The van der Waals surface area contributed by atoms with Crippen molar-refractivity contribution in [1.29, 1.82) is 0 Å². The molecule has 9 heteroatoms. The van der Waals surface area contributed by atoms with Crippen LogP contribution < -0.4 is 5.43 Å². The number of halogens is 3. The predicted octanol–water partition coefficient (Wildman–Crippen LogP) is 1.59. The normalized spacial score (nSPS) is 21.1. The molecule has 0 saturated carbocycles. The molecule has 1 amide bonds. The minimum absolute atomic E-state index is 0.0393. The summed E-state index contributed by atoms with van der Waals surface area (Å²) in [6.07, 6.45) is -3.14. The van der Waals surface area contributed by atoms with Crippen LogP contribution in [0.15, 0.2) is 29.4 Å². The van der Waals surface area contributed by atoms with Crippen LogP contribution in [0.5, 0.6) is 0 Å². The van der Waals surface area contributed by atoms with Gasteiger partial charge < -0.3 is 0 Å². The second-order valence-electron chi connectivity index (χ2n) is 4.96. The highest BCUT2D eigenvalue weighted by Gasteiger charge is 2.33. The number of nitrogens with zero attached hydrogens (tertiary/aromatic N) is 1. The molecule has 2 rings (SSSR count). The molecule has 1 fully saturated rings. The Hall–Kier alpha value is -1.90. The summed E-state index contributed by atoms with van der Waals surface area (Å²) in [5.74, 6) is -1.48. The lowest BCUT2D eigenvalue weighted by molar-refractivity contribution is -0.137. The average Bonchev–Trinajstić information content (AvgIpc) is 2.78. The van der Waals surface area contributed by atoms with E-state index in [0.717, 1.165) is 18.3 Å². The molecule has 1 atom stereocenters. The fraction of sp³-hybridized carbons (Fsp3) is 0.385. The first-order valence-electron chi connectivity index (χ1n) is 6.38. The smallest absolute Gasteiger partial charge is 0.273 e. The van der Waals surface area contributed by atoms with E-state index in [-0.39, 0.29) is 23.5 Å². The summed E-state index contributed by atoms with van der Waals surface area (Å²) < 4.78 is 60.1. The molecule has 0 radical (unpaired) electrons. The highest BCUT2D eigenvalue weighted by atomic mass is 32.2. The Labute approximate surface area is 125 Å². The van der Waals surface area contributed by atoms with Crippen molar-refractivity contribution in [2.75, 3.05) is 11.5 Å². The Balaban J connectivity index is 1.97.